The molecule has 0 heterocycles. The van der Waals surface area contributed by atoms with Crippen LogP contribution in [0.5, 0.6) is 0 Å². The monoisotopic (exact) mass is 204 g/mol. The van der Waals surface area contributed by atoms with Gasteiger partial charge in [0.05, 0.1) is 0 Å². The topological polar surface area (TPSA) is 54.0 Å². The first kappa shape index (κ1) is 13.1. The smallest absolute Gasteiger partial charge is 0.335 e. The molecule has 5 nitrogen and oxygen atoms in total. The molecule has 0 spiro atoms. The van der Waals surface area contributed by atoms with Gasteiger partial charge in [-0.25, -0.2) is 4.79 Å². The molecule has 82 valence electrons. The van der Waals surface area contributed by atoms with Crippen LogP contribution in [-0.2, 0) is 23.7 Å². The van der Waals surface area contributed by atoms with Crippen molar-refractivity contribution in [2.75, 3.05) is 21.3 Å². The van der Waals surface area contributed by atoms with Gasteiger partial charge < -0.3 is 18.9 Å². The second-order valence-electron chi connectivity index (χ2n) is 2.63. The highest BCUT2D eigenvalue weighted by molar-refractivity contribution is 5.87. The molecule has 0 saturated heterocycles. The average Bonchev–Trinajstić information content (AvgIpc) is 2.17. The standard InChI is InChI=1S/C9H16O5/c1-6(2)7(10)14-9(13-5)8(11-3)12-4/h8-9H,1H2,2-5H3. The lowest BCUT2D eigenvalue weighted by Crippen LogP contribution is -2.35. The van der Waals surface area contributed by atoms with Crippen molar-refractivity contribution in [2.45, 2.75) is 19.5 Å². The Morgan fingerprint density at radius 3 is 1.79 bits per heavy atom. The number of methoxy groups -OCH3 is 3. The maximum atomic E-state index is 11.1. The lowest BCUT2D eigenvalue weighted by atomic mass is 10.4. The van der Waals surface area contributed by atoms with Crippen LogP contribution >= 0.6 is 0 Å². The lowest BCUT2D eigenvalue weighted by molar-refractivity contribution is -0.254. The van der Waals surface area contributed by atoms with Gasteiger partial charge in [0, 0.05) is 26.9 Å². The predicted molar refractivity (Wildman–Crippen MR) is 49.5 cm³/mol. The van der Waals surface area contributed by atoms with Crippen molar-refractivity contribution in [1.29, 1.82) is 0 Å². The van der Waals surface area contributed by atoms with Crippen LogP contribution in [0, 0.1) is 0 Å². The van der Waals surface area contributed by atoms with E-state index in [-0.39, 0.29) is 5.57 Å². The quantitative estimate of drug-likeness (QED) is 0.362. The highest BCUT2D eigenvalue weighted by Crippen LogP contribution is 2.07. The van der Waals surface area contributed by atoms with Crippen molar-refractivity contribution in [1.82, 2.24) is 0 Å². The van der Waals surface area contributed by atoms with Crippen LogP contribution in [0.1, 0.15) is 6.92 Å². The Balaban J connectivity index is 4.27. The summed E-state index contributed by atoms with van der Waals surface area (Å²) in [6.45, 7) is 4.99. The molecule has 0 aromatic heterocycles. The summed E-state index contributed by atoms with van der Waals surface area (Å²) in [6, 6.07) is 0. The minimum Gasteiger partial charge on any atom is -0.427 e. The number of carbonyl (C=O) groups excluding carboxylic acids is 1. The van der Waals surface area contributed by atoms with Crippen LogP contribution in [0.15, 0.2) is 12.2 Å². The van der Waals surface area contributed by atoms with Crippen LogP contribution in [0.2, 0.25) is 0 Å². The van der Waals surface area contributed by atoms with Crippen molar-refractivity contribution in [3.63, 3.8) is 0 Å². The Labute approximate surface area is 83.6 Å². The van der Waals surface area contributed by atoms with Crippen molar-refractivity contribution < 1.29 is 23.7 Å². The van der Waals surface area contributed by atoms with Crippen LogP contribution in [0.4, 0.5) is 0 Å². The molecular weight excluding hydrogens is 188 g/mol. The number of hydrogen-bond donors (Lipinski definition) is 0. The van der Waals surface area contributed by atoms with E-state index < -0.39 is 18.5 Å². The molecule has 0 aliphatic carbocycles. The van der Waals surface area contributed by atoms with Crippen molar-refractivity contribution in [3.05, 3.63) is 12.2 Å². The van der Waals surface area contributed by atoms with Gasteiger partial charge in [0.1, 0.15) is 0 Å². The first-order valence-electron chi connectivity index (χ1n) is 4.01. The normalized spacial score (nSPS) is 12.6. The van der Waals surface area contributed by atoms with Gasteiger partial charge in [0.2, 0.25) is 6.29 Å². The molecule has 0 aromatic carbocycles. The Kier molecular flexibility index (Phi) is 6.11. The third-order valence-electron chi connectivity index (χ3n) is 1.49. The summed E-state index contributed by atoms with van der Waals surface area (Å²) in [5, 5.41) is 0. The van der Waals surface area contributed by atoms with Crippen molar-refractivity contribution in [3.8, 4) is 0 Å². The van der Waals surface area contributed by atoms with E-state index in [1.54, 1.807) is 6.92 Å². The molecule has 5 heteroatoms. The number of esters is 1. The molecule has 0 aliphatic heterocycles. The first-order chi connectivity index (χ1) is 6.56. The van der Waals surface area contributed by atoms with Gasteiger partial charge in [-0.15, -0.1) is 0 Å². The SMILES string of the molecule is C=C(C)C(=O)OC(OC)C(OC)OC. The second kappa shape index (κ2) is 6.53. The van der Waals surface area contributed by atoms with E-state index in [0.29, 0.717) is 0 Å². The maximum absolute atomic E-state index is 11.1. The fourth-order valence-corrected chi connectivity index (χ4v) is 0.739. The highest BCUT2D eigenvalue weighted by atomic mass is 16.8. The summed E-state index contributed by atoms with van der Waals surface area (Å²) < 4.78 is 19.5. The largest absolute Gasteiger partial charge is 0.427 e. The molecule has 0 bridgehead atoms. The third-order valence-corrected chi connectivity index (χ3v) is 1.49. The summed E-state index contributed by atoms with van der Waals surface area (Å²) in [7, 11) is 4.24. The summed E-state index contributed by atoms with van der Waals surface area (Å²) in [5.74, 6) is -0.545. The van der Waals surface area contributed by atoms with Crippen LogP contribution in [0.25, 0.3) is 0 Å². The maximum Gasteiger partial charge on any atom is 0.335 e. The predicted octanol–water partition coefficient (Wildman–Crippen LogP) is 0.697. The molecular formula is C9H16O5. The number of hydrogen-bond acceptors (Lipinski definition) is 5. The molecule has 0 rings (SSSR count). The van der Waals surface area contributed by atoms with Gasteiger partial charge in [-0.3, -0.25) is 0 Å². The zero-order valence-corrected chi connectivity index (χ0v) is 8.90. The Hall–Kier alpha value is -0.910. The Morgan fingerprint density at radius 2 is 1.50 bits per heavy atom. The van der Waals surface area contributed by atoms with Crippen LogP contribution in [0.3, 0.4) is 0 Å². The van der Waals surface area contributed by atoms with E-state index >= 15 is 0 Å². The zero-order chi connectivity index (χ0) is 11.1. The van der Waals surface area contributed by atoms with Crippen LogP contribution in [-0.4, -0.2) is 39.9 Å². The molecule has 14 heavy (non-hydrogen) atoms. The number of rotatable bonds is 6. The summed E-state index contributed by atoms with van der Waals surface area (Å²) in [4.78, 5) is 11.1. The van der Waals surface area contributed by atoms with Gasteiger partial charge in [0.15, 0.2) is 0 Å². The average molecular weight is 204 g/mol. The van der Waals surface area contributed by atoms with Crippen molar-refractivity contribution >= 4 is 5.97 Å². The van der Waals surface area contributed by atoms with Gasteiger partial charge in [-0.05, 0) is 6.92 Å². The molecule has 1 atom stereocenters. The molecule has 1 unspecified atom stereocenters. The second-order valence-corrected chi connectivity index (χ2v) is 2.63. The highest BCUT2D eigenvalue weighted by Gasteiger charge is 2.24. The molecule has 0 N–H and O–H groups in total. The van der Waals surface area contributed by atoms with Crippen molar-refractivity contribution in [2.24, 2.45) is 0 Å². The van der Waals surface area contributed by atoms with Gasteiger partial charge in [-0.1, -0.05) is 6.58 Å². The zero-order valence-electron chi connectivity index (χ0n) is 8.90. The molecule has 0 aromatic rings. The van der Waals surface area contributed by atoms with Gasteiger partial charge in [0.25, 0.3) is 6.29 Å². The van der Waals surface area contributed by atoms with E-state index in [9.17, 15) is 4.79 Å². The number of ether oxygens (including phenoxy) is 4. The molecule has 0 amide bonds. The molecule has 0 saturated carbocycles. The lowest BCUT2D eigenvalue weighted by Gasteiger charge is -2.22. The molecule has 0 fully saturated rings. The number of carbonyl (C=O) groups is 1. The van der Waals surface area contributed by atoms with E-state index in [4.69, 9.17) is 18.9 Å². The van der Waals surface area contributed by atoms with Gasteiger partial charge >= 0.3 is 5.97 Å². The first-order valence-corrected chi connectivity index (χ1v) is 4.01. The minimum absolute atomic E-state index is 0.290. The molecule has 0 radical (unpaired) electrons. The van der Waals surface area contributed by atoms with E-state index in [1.165, 1.54) is 21.3 Å². The molecule has 0 aliphatic rings. The Bertz CT molecular complexity index is 197. The van der Waals surface area contributed by atoms with E-state index in [1.807, 2.05) is 0 Å². The van der Waals surface area contributed by atoms with E-state index in [2.05, 4.69) is 6.58 Å². The summed E-state index contributed by atoms with van der Waals surface area (Å²) in [6.07, 6.45) is -1.64. The fraction of sp³-hybridized carbons (Fsp3) is 0.667. The van der Waals surface area contributed by atoms with Gasteiger partial charge in [-0.2, -0.15) is 0 Å². The summed E-state index contributed by atoms with van der Waals surface area (Å²) >= 11 is 0. The summed E-state index contributed by atoms with van der Waals surface area (Å²) in [5.41, 5.74) is 0.290. The Morgan fingerprint density at radius 1 is 1.07 bits per heavy atom. The third kappa shape index (κ3) is 3.87. The minimum atomic E-state index is -0.894. The van der Waals surface area contributed by atoms with E-state index in [0.717, 1.165) is 0 Å². The van der Waals surface area contributed by atoms with Crippen LogP contribution < -0.4 is 0 Å². The fourth-order valence-electron chi connectivity index (χ4n) is 0.739.